The van der Waals surface area contributed by atoms with E-state index in [0.717, 1.165) is 12.0 Å². The van der Waals surface area contributed by atoms with E-state index in [0.29, 0.717) is 12.3 Å². The van der Waals surface area contributed by atoms with Crippen LogP contribution in [0.1, 0.15) is 25.3 Å². The van der Waals surface area contributed by atoms with Crippen molar-refractivity contribution in [1.82, 2.24) is 0 Å². The summed E-state index contributed by atoms with van der Waals surface area (Å²) in [7, 11) is 0. The van der Waals surface area contributed by atoms with Gasteiger partial charge in [-0.05, 0) is 36.5 Å². The van der Waals surface area contributed by atoms with E-state index in [4.69, 9.17) is 0 Å². The number of halogens is 1. The van der Waals surface area contributed by atoms with Crippen LogP contribution in [0.3, 0.4) is 0 Å². The number of aliphatic hydroxyl groups is 1. The van der Waals surface area contributed by atoms with Gasteiger partial charge in [0.1, 0.15) is 11.4 Å². The Hall–Kier alpha value is -1.15. The molecule has 1 nitrogen and oxygen atoms in total. The molecule has 2 atom stereocenters. The normalized spacial score (nSPS) is 30.5. The minimum atomic E-state index is -0.903. The number of allylic oxidation sites excluding steroid dienone is 1. The van der Waals surface area contributed by atoms with Crippen molar-refractivity contribution in [3.8, 4) is 0 Å². The standard InChI is InChI=1S/C13H15FO/c1-10-6-8-13(15,9-7-10)11-2-4-12(14)5-3-11/h2-6,8,10,15H,7,9H2,1H3. The summed E-state index contributed by atoms with van der Waals surface area (Å²) in [4.78, 5) is 0. The molecule has 0 fully saturated rings. The second kappa shape index (κ2) is 3.78. The summed E-state index contributed by atoms with van der Waals surface area (Å²) < 4.78 is 12.7. The van der Waals surface area contributed by atoms with Crippen LogP contribution < -0.4 is 0 Å². The molecule has 1 aromatic carbocycles. The van der Waals surface area contributed by atoms with Crippen molar-refractivity contribution in [3.05, 3.63) is 47.8 Å². The van der Waals surface area contributed by atoms with Crippen LogP contribution in [0.4, 0.5) is 4.39 Å². The predicted octanol–water partition coefficient (Wildman–Crippen LogP) is 3.00. The van der Waals surface area contributed by atoms with Crippen LogP contribution in [-0.4, -0.2) is 5.11 Å². The van der Waals surface area contributed by atoms with Crippen LogP contribution in [0.2, 0.25) is 0 Å². The highest BCUT2D eigenvalue weighted by molar-refractivity contribution is 5.29. The summed E-state index contributed by atoms with van der Waals surface area (Å²) >= 11 is 0. The van der Waals surface area contributed by atoms with Gasteiger partial charge in [-0.25, -0.2) is 4.39 Å². The summed E-state index contributed by atoms with van der Waals surface area (Å²) in [6.07, 6.45) is 5.52. The summed E-state index contributed by atoms with van der Waals surface area (Å²) in [5.41, 5.74) is -0.132. The largest absolute Gasteiger partial charge is 0.381 e. The molecule has 80 valence electrons. The molecule has 0 aliphatic heterocycles. The Bertz CT molecular complexity index is 369. The van der Waals surface area contributed by atoms with E-state index in [9.17, 15) is 9.50 Å². The quantitative estimate of drug-likeness (QED) is 0.700. The zero-order chi connectivity index (χ0) is 10.9. The van der Waals surface area contributed by atoms with E-state index in [1.807, 2.05) is 12.2 Å². The third kappa shape index (κ3) is 2.10. The van der Waals surface area contributed by atoms with Gasteiger partial charge in [0.15, 0.2) is 0 Å². The van der Waals surface area contributed by atoms with Crippen LogP contribution in [0.15, 0.2) is 36.4 Å². The Balaban J connectivity index is 2.30. The molecule has 0 saturated heterocycles. The fraction of sp³-hybridized carbons (Fsp3) is 0.385. The van der Waals surface area contributed by atoms with Gasteiger partial charge in [0.25, 0.3) is 0 Å². The van der Waals surface area contributed by atoms with Crippen molar-refractivity contribution < 1.29 is 9.50 Å². The number of hydrogen-bond donors (Lipinski definition) is 1. The SMILES string of the molecule is CC1C=CC(O)(c2ccc(F)cc2)CC1. The second-order valence-corrected chi connectivity index (χ2v) is 4.31. The third-order valence-electron chi connectivity index (χ3n) is 3.03. The maximum absolute atomic E-state index is 12.7. The minimum Gasteiger partial charge on any atom is -0.381 e. The first kappa shape index (κ1) is 10.4. The van der Waals surface area contributed by atoms with Gasteiger partial charge in [0.05, 0.1) is 0 Å². The topological polar surface area (TPSA) is 20.2 Å². The van der Waals surface area contributed by atoms with Gasteiger partial charge < -0.3 is 5.11 Å². The fourth-order valence-electron chi connectivity index (χ4n) is 1.93. The van der Waals surface area contributed by atoms with Crippen molar-refractivity contribution in [2.24, 2.45) is 5.92 Å². The molecule has 1 aliphatic carbocycles. The van der Waals surface area contributed by atoms with Gasteiger partial charge >= 0.3 is 0 Å². The Morgan fingerprint density at radius 2 is 2.00 bits per heavy atom. The highest BCUT2D eigenvalue weighted by Gasteiger charge is 2.29. The monoisotopic (exact) mass is 206 g/mol. The molecular weight excluding hydrogens is 191 g/mol. The first-order valence-corrected chi connectivity index (χ1v) is 5.28. The van der Waals surface area contributed by atoms with Crippen LogP contribution in [0.5, 0.6) is 0 Å². The Kier molecular flexibility index (Phi) is 2.61. The molecule has 0 heterocycles. The Morgan fingerprint density at radius 3 is 2.53 bits per heavy atom. The average molecular weight is 206 g/mol. The van der Waals surface area contributed by atoms with Gasteiger partial charge in [-0.1, -0.05) is 31.2 Å². The van der Waals surface area contributed by atoms with E-state index >= 15 is 0 Å². The fourth-order valence-corrected chi connectivity index (χ4v) is 1.93. The lowest BCUT2D eigenvalue weighted by atomic mass is 9.81. The van der Waals surface area contributed by atoms with Gasteiger partial charge in [-0.3, -0.25) is 0 Å². The molecule has 1 N–H and O–H groups in total. The summed E-state index contributed by atoms with van der Waals surface area (Å²) in [6.45, 7) is 2.13. The third-order valence-corrected chi connectivity index (χ3v) is 3.03. The molecule has 0 radical (unpaired) electrons. The van der Waals surface area contributed by atoms with Crippen LogP contribution >= 0.6 is 0 Å². The number of hydrogen-bond acceptors (Lipinski definition) is 1. The van der Waals surface area contributed by atoms with Gasteiger partial charge in [-0.15, -0.1) is 0 Å². The van der Waals surface area contributed by atoms with Crippen LogP contribution in [0, 0.1) is 11.7 Å². The molecule has 1 aromatic rings. The highest BCUT2D eigenvalue weighted by Crippen LogP contribution is 2.34. The maximum atomic E-state index is 12.7. The summed E-state index contributed by atoms with van der Waals surface area (Å²) in [6, 6.07) is 6.07. The first-order valence-electron chi connectivity index (χ1n) is 5.28. The van der Waals surface area contributed by atoms with Crippen molar-refractivity contribution in [1.29, 1.82) is 0 Å². The van der Waals surface area contributed by atoms with Gasteiger partial charge in [0, 0.05) is 0 Å². The summed E-state index contributed by atoms with van der Waals surface area (Å²) in [5, 5.41) is 10.3. The van der Waals surface area contributed by atoms with Crippen molar-refractivity contribution in [2.45, 2.75) is 25.4 Å². The lowest BCUT2D eigenvalue weighted by molar-refractivity contribution is 0.0673. The molecule has 2 heteroatoms. The Morgan fingerprint density at radius 1 is 1.33 bits per heavy atom. The highest BCUT2D eigenvalue weighted by atomic mass is 19.1. The molecule has 0 amide bonds. The molecule has 1 aliphatic rings. The van der Waals surface area contributed by atoms with Gasteiger partial charge in [0.2, 0.25) is 0 Å². The van der Waals surface area contributed by atoms with E-state index in [1.54, 1.807) is 12.1 Å². The molecule has 0 saturated carbocycles. The number of benzene rings is 1. The van der Waals surface area contributed by atoms with Crippen LogP contribution in [-0.2, 0) is 5.60 Å². The molecule has 2 rings (SSSR count). The average Bonchev–Trinajstić information content (AvgIpc) is 2.24. The van der Waals surface area contributed by atoms with E-state index in [2.05, 4.69) is 6.92 Å². The lowest BCUT2D eigenvalue weighted by Gasteiger charge is -2.30. The molecule has 0 bridgehead atoms. The second-order valence-electron chi connectivity index (χ2n) is 4.31. The zero-order valence-corrected chi connectivity index (χ0v) is 8.78. The molecular formula is C13H15FO. The smallest absolute Gasteiger partial charge is 0.123 e. The summed E-state index contributed by atoms with van der Waals surface area (Å²) in [5.74, 6) is 0.251. The lowest BCUT2D eigenvalue weighted by Crippen LogP contribution is -2.26. The number of rotatable bonds is 1. The molecule has 0 spiro atoms. The molecule has 2 unspecified atom stereocenters. The van der Waals surface area contributed by atoms with Crippen molar-refractivity contribution in [2.75, 3.05) is 0 Å². The molecule has 15 heavy (non-hydrogen) atoms. The predicted molar refractivity (Wildman–Crippen MR) is 57.8 cm³/mol. The van der Waals surface area contributed by atoms with E-state index < -0.39 is 5.60 Å². The first-order chi connectivity index (χ1) is 7.10. The maximum Gasteiger partial charge on any atom is 0.123 e. The molecule has 0 aromatic heterocycles. The van der Waals surface area contributed by atoms with E-state index in [-0.39, 0.29) is 5.82 Å². The van der Waals surface area contributed by atoms with Crippen LogP contribution in [0.25, 0.3) is 0 Å². The zero-order valence-electron chi connectivity index (χ0n) is 8.78. The minimum absolute atomic E-state index is 0.268. The van der Waals surface area contributed by atoms with Crippen molar-refractivity contribution in [3.63, 3.8) is 0 Å². The van der Waals surface area contributed by atoms with Gasteiger partial charge in [-0.2, -0.15) is 0 Å². The van der Waals surface area contributed by atoms with E-state index in [1.165, 1.54) is 12.1 Å². The van der Waals surface area contributed by atoms with Crippen molar-refractivity contribution >= 4 is 0 Å². The Labute approximate surface area is 89.3 Å².